The number of hydrogen-bond acceptors (Lipinski definition) is 0. The third-order valence-corrected chi connectivity index (χ3v) is 2.71. The van der Waals surface area contributed by atoms with Crippen LogP contribution in [-0.4, -0.2) is 0 Å². The summed E-state index contributed by atoms with van der Waals surface area (Å²) in [5, 5.41) is 0. The van der Waals surface area contributed by atoms with Gasteiger partial charge in [-0.1, -0.05) is 23.3 Å². The van der Waals surface area contributed by atoms with Gasteiger partial charge in [0, 0.05) is 0 Å². The Balaban J connectivity index is 1.97. The molecule has 0 amide bonds. The Hall–Kier alpha value is -0.520. The highest BCUT2D eigenvalue weighted by molar-refractivity contribution is 5.27. The van der Waals surface area contributed by atoms with E-state index < -0.39 is 0 Å². The zero-order valence-corrected chi connectivity index (χ0v) is 7.10. The second-order valence-corrected chi connectivity index (χ2v) is 3.68. The van der Waals surface area contributed by atoms with Crippen LogP contribution in [0.1, 0.15) is 44.9 Å². The molecule has 1 fully saturated rings. The molecule has 11 heavy (non-hydrogen) atoms. The van der Waals surface area contributed by atoms with Gasteiger partial charge in [0.25, 0.3) is 0 Å². The third kappa shape index (κ3) is 1.74. The van der Waals surface area contributed by atoms with Crippen molar-refractivity contribution in [3.63, 3.8) is 0 Å². The monoisotopic (exact) mass is 148 g/mol. The zero-order valence-electron chi connectivity index (χ0n) is 7.10. The first-order valence-electron chi connectivity index (χ1n) is 4.83. The molecule has 0 saturated heterocycles. The molecule has 0 spiro atoms. The topological polar surface area (TPSA) is 0 Å². The Kier molecular flexibility index (Phi) is 2.11. The van der Waals surface area contributed by atoms with Crippen LogP contribution in [0.25, 0.3) is 0 Å². The van der Waals surface area contributed by atoms with E-state index in [-0.39, 0.29) is 0 Å². The maximum atomic E-state index is 2.45. The summed E-state index contributed by atoms with van der Waals surface area (Å²) in [6.45, 7) is 0. The molecule has 0 bridgehead atoms. The molecular formula is C11H16. The minimum Gasteiger partial charge on any atom is -0.0813 e. The molecule has 60 valence electrons. The average molecular weight is 148 g/mol. The molecule has 0 unspecified atom stereocenters. The van der Waals surface area contributed by atoms with E-state index in [0.29, 0.717) is 0 Å². The van der Waals surface area contributed by atoms with E-state index in [4.69, 9.17) is 0 Å². The smallest absolute Gasteiger partial charge is 0.0282 e. The molecule has 0 aromatic rings. The SMILES string of the molecule is C1=C(C=C2CCC2)CCCC1. The van der Waals surface area contributed by atoms with Crippen LogP contribution in [0.3, 0.4) is 0 Å². The molecule has 0 radical (unpaired) electrons. The summed E-state index contributed by atoms with van der Waals surface area (Å²) in [7, 11) is 0. The summed E-state index contributed by atoms with van der Waals surface area (Å²) in [5.74, 6) is 0. The molecule has 0 nitrogen and oxygen atoms in total. The number of rotatable bonds is 1. The van der Waals surface area contributed by atoms with E-state index in [0.717, 1.165) is 0 Å². The van der Waals surface area contributed by atoms with Crippen LogP contribution in [0.4, 0.5) is 0 Å². The van der Waals surface area contributed by atoms with E-state index in [2.05, 4.69) is 12.2 Å². The fourth-order valence-corrected chi connectivity index (χ4v) is 1.78. The Bertz CT molecular complexity index is 190. The van der Waals surface area contributed by atoms with Crippen molar-refractivity contribution in [3.05, 3.63) is 23.3 Å². The molecule has 0 N–H and O–H groups in total. The zero-order chi connectivity index (χ0) is 7.52. The van der Waals surface area contributed by atoms with Gasteiger partial charge in [-0.25, -0.2) is 0 Å². The summed E-state index contributed by atoms with van der Waals surface area (Å²) in [5.41, 5.74) is 3.31. The van der Waals surface area contributed by atoms with E-state index in [1.807, 2.05) is 0 Å². The Morgan fingerprint density at radius 2 is 1.91 bits per heavy atom. The largest absolute Gasteiger partial charge is 0.0813 e. The molecule has 0 aromatic heterocycles. The van der Waals surface area contributed by atoms with Gasteiger partial charge in [0.2, 0.25) is 0 Å². The van der Waals surface area contributed by atoms with Gasteiger partial charge in [-0.05, 0) is 44.9 Å². The lowest BCUT2D eigenvalue weighted by atomic mass is 9.88. The molecule has 0 heteroatoms. The van der Waals surface area contributed by atoms with Crippen molar-refractivity contribution in [2.45, 2.75) is 44.9 Å². The summed E-state index contributed by atoms with van der Waals surface area (Å²) >= 11 is 0. The first-order chi connectivity index (χ1) is 5.45. The van der Waals surface area contributed by atoms with Crippen LogP contribution in [0.5, 0.6) is 0 Å². The standard InChI is InChI=1S/C11H16/c1-2-5-10(6-3-1)9-11-7-4-8-11/h5,9H,1-4,6-8H2. The van der Waals surface area contributed by atoms with E-state index >= 15 is 0 Å². The predicted molar refractivity (Wildman–Crippen MR) is 48.5 cm³/mol. The van der Waals surface area contributed by atoms with Gasteiger partial charge >= 0.3 is 0 Å². The molecule has 0 atom stereocenters. The van der Waals surface area contributed by atoms with Crippen molar-refractivity contribution in [3.8, 4) is 0 Å². The Morgan fingerprint density at radius 1 is 1.00 bits per heavy atom. The molecule has 2 rings (SSSR count). The second kappa shape index (κ2) is 3.25. The van der Waals surface area contributed by atoms with Crippen molar-refractivity contribution in [2.75, 3.05) is 0 Å². The van der Waals surface area contributed by atoms with Gasteiger partial charge in [0.1, 0.15) is 0 Å². The highest BCUT2D eigenvalue weighted by Crippen LogP contribution is 2.29. The highest BCUT2D eigenvalue weighted by atomic mass is 14.1. The molecule has 0 aromatic carbocycles. The maximum absolute atomic E-state index is 2.45. The molecule has 2 aliphatic carbocycles. The molecular weight excluding hydrogens is 132 g/mol. The van der Waals surface area contributed by atoms with Gasteiger partial charge in [-0.15, -0.1) is 0 Å². The van der Waals surface area contributed by atoms with Crippen LogP contribution in [0, 0.1) is 0 Å². The van der Waals surface area contributed by atoms with Crippen molar-refractivity contribution in [1.29, 1.82) is 0 Å². The molecule has 1 saturated carbocycles. The normalized spacial score (nSPS) is 24.0. The Morgan fingerprint density at radius 3 is 2.45 bits per heavy atom. The van der Waals surface area contributed by atoms with Crippen LogP contribution >= 0.6 is 0 Å². The van der Waals surface area contributed by atoms with Gasteiger partial charge in [-0.2, -0.15) is 0 Å². The summed E-state index contributed by atoms with van der Waals surface area (Å²) in [6, 6.07) is 0. The number of allylic oxidation sites excluding steroid dienone is 4. The van der Waals surface area contributed by atoms with Crippen molar-refractivity contribution in [2.24, 2.45) is 0 Å². The fraction of sp³-hybridized carbons (Fsp3) is 0.636. The van der Waals surface area contributed by atoms with Crippen molar-refractivity contribution < 1.29 is 0 Å². The second-order valence-electron chi connectivity index (χ2n) is 3.68. The molecule has 2 aliphatic rings. The summed E-state index contributed by atoms with van der Waals surface area (Å²) in [4.78, 5) is 0. The third-order valence-electron chi connectivity index (χ3n) is 2.71. The minimum absolute atomic E-state index is 1.32. The lowest BCUT2D eigenvalue weighted by Gasteiger charge is -2.18. The minimum atomic E-state index is 1.32. The fourth-order valence-electron chi connectivity index (χ4n) is 1.78. The van der Waals surface area contributed by atoms with Crippen LogP contribution in [0.2, 0.25) is 0 Å². The van der Waals surface area contributed by atoms with E-state index in [9.17, 15) is 0 Å². The van der Waals surface area contributed by atoms with Crippen LogP contribution in [-0.2, 0) is 0 Å². The van der Waals surface area contributed by atoms with Gasteiger partial charge in [0.05, 0.1) is 0 Å². The first kappa shape index (κ1) is 7.15. The summed E-state index contributed by atoms with van der Waals surface area (Å²) < 4.78 is 0. The van der Waals surface area contributed by atoms with Crippen molar-refractivity contribution in [1.82, 2.24) is 0 Å². The van der Waals surface area contributed by atoms with Crippen molar-refractivity contribution >= 4 is 0 Å². The lowest BCUT2D eigenvalue weighted by molar-refractivity contribution is 0.654. The Labute approximate surface area is 69.0 Å². The first-order valence-corrected chi connectivity index (χ1v) is 4.83. The quantitative estimate of drug-likeness (QED) is 0.533. The van der Waals surface area contributed by atoms with E-state index in [1.165, 1.54) is 44.9 Å². The maximum Gasteiger partial charge on any atom is -0.0282 e. The average Bonchev–Trinajstić information content (AvgIpc) is 1.99. The lowest BCUT2D eigenvalue weighted by Crippen LogP contribution is -1.98. The number of hydrogen-bond donors (Lipinski definition) is 0. The van der Waals surface area contributed by atoms with Crippen LogP contribution in [0.15, 0.2) is 23.3 Å². The van der Waals surface area contributed by atoms with Gasteiger partial charge in [0.15, 0.2) is 0 Å². The molecule has 0 heterocycles. The van der Waals surface area contributed by atoms with Gasteiger partial charge < -0.3 is 0 Å². The summed E-state index contributed by atoms with van der Waals surface area (Å²) in [6.07, 6.45) is 14.5. The van der Waals surface area contributed by atoms with E-state index in [1.54, 1.807) is 11.1 Å². The van der Waals surface area contributed by atoms with Gasteiger partial charge in [-0.3, -0.25) is 0 Å². The highest BCUT2D eigenvalue weighted by Gasteiger charge is 2.09. The molecule has 0 aliphatic heterocycles. The predicted octanol–water partition coefficient (Wildman–Crippen LogP) is 3.60. The van der Waals surface area contributed by atoms with Crippen LogP contribution < -0.4 is 0 Å².